The molecule has 6 heteroatoms. The Kier molecular flexibility index (Phi) is 4.67. The first-order chi connectivity index (χ1) is 10.2. The van der Waals surface area contributed by atoms with Crippen molar-refractivity contribution in [3.05, 3.63) is 27.9 Å². The molecular weight excluding hydrogens is 304 g/mol. The number of amides is 1. The smallest absolute Gasteiger partial charge is 0.263 e. The molecule has 1 fully saturated rings. The Morgan fingerprint density at radius 1 is 1.48 bits per heavy atom. The molecular formula is C15H18N2O2S2. The number of hydrogen-bond donors (Lipinski definition) is 2. The first kappa shape index (κ1) is 14.7. The number of aliphatic hydroxyl groups is 1. The maximum Gasteiger partial charge on any atom is 0.263 e. The van der Waals surface area contributed by atoms with Crippen LogP contribution in [-0.4, -0.2) is 28.6 Å². The Hall–Kier alpha value is -1.24. The number of aromatic nitrogens is 1. The lowest BCUT2D eigenvalue weighted by Gasteiger charge is -2.17. The first-order valence-corrected chi connectivity index (χ1v) is 8.94. The number of thiophene rings is 1. The molecule has 1 aliphatic carbocycles. The highest BCUT2D eigenvalue weighted by molar-refractivity contribution is 7.17. The maximum absolute atomic E-state index is 12.1. The summed E-state index contributed by atoms with van der Waals surface area (Å²) in [7, 11) is 0. The number of aliphatic hydroxyl groups excluding tert-OH is 1. The minimum Gasteiger partial charge on any atom is -0.391 e. The summed E-state index contributed by atoms with van der Waals surface area (Å²) in [6.45, 7) is 0.329. The Balaban J connectivity index is 1.55. The van der Waals surface area contributed by atoms with Gasteiger partial charge in [0.25, 0.3) is 5.91 Å². The van der Waals surface area contributed by atoms with E-state index in [2.05, 4.69) is 10.3 Å². The van der Waals surface area contributed by atoms with E-state index in [1.165, 1.54) is 24.2 Å². The third-order valence-electron chi connectivity index (χ3n) is 3.91. The molecule has 21 heavy (non-hydrogen) atoms. The minimum absolute atomic E-state index is 0.147. The van der Waals surface area contributed by atoms with Crippen LogP contribution in [0, 0.1) is 5.92 Å². The van der Waals surface area contributed by atoms with Crippen LogP contribution in [-0.2, 0) is 0 Å². The monoisotopic (exact) mass is 322 g/mol. The quantitative estimate of drug-likeness (QED) is 0.889. The molecule has 1 aliphatic rings. The highest BCUT2D eigenvalue weighted by Crippen LogP contribution is 2.28. The Bertz CT molecular complexity index is 589. The predicted molar refractivity (Wildman–Crippen MR) is 85.7 cm³/mol. The van der Waals surface area contributed by atoms with Crippen molar-refractivity contribution in [2.45, 2.75) is 31.8 Å². The van der Waals surface area contributed by atoms with Gasteiger partial charge < -0.3 is 10.4 Å². The van der Waals surface area contributed by atoms with E-state index in [1.807, 2.05) is 16.8 Å². The highest BCUT2D eigenvalue weighted by Gasteiger charge is 2.23. The van der Waals surface area contributed by atoms with Gasteiger partial charge in [0.05, 0.1) is 12.3 Å². The molecule has 1 amide bonds. The van der Waals surface area contributed by atoms with Crippen molar-refractivity contribution >= 4 is 28.6 Å². The molecule has 2 N–H and O–H groups in total. The molecule has 2 aromatic heterocycles. The number of thiazole rings is 1. The summed E-state index contributed by atoms with van der Waals surface area (Å²) in [5.41, 5.74) is 1.05. The largest absolute Gasteiger partial charge is 0.391 e. The van der Waals surface area contributed by atoms with Gasteiger partial charge in [0.15, 0.2) is 0 Å². The fourth-order valence-corrected chi connectivity index (χ4v) is 4.24. The molecule has 0 aliphatic heterocycles. The molecule has 112 valence electrons. The number of carbonyl (C=O) groups is 1. The van der Waals surface area contributed by atoms with Gasteiger partial charge in [-0.3, -0.25) is 4.79 Å². The van der Waals surface area contributed by atoms with Gasteiger partial charge in [-0.2, -0.15) is 11.3 Å². The summed E-state index contributed by atoms with van der Waals surface area (Å²) in [6.07, 6.45) is 5.69. The molecule has 2 heterocycles. The second-order valence-corrected chi connectivity index (χ2v) is 7.17. The summed E-state index contributed by atoms with van der Waals surface area (Å²) < 4.78 is 0. The molecule has 0 radical (unpaired) electrons. The molecule has 0 bridgehead atoms. The van der Waals surface area contributed by atoms with Crippen molar-refractivity contribution in [2.24, 2.45) is 5.92 Å². The predicted octanol–water partition coefficient (Wildman–Crippen LogP) is 3.15. The summed E-state index contributed by atoms with van der Waals surface area (Å²) in [6, 6.07) is 2.00. The lowest BCUT2D eigenvalue weighted by atomic mass is 10.0. The van der Waals surface area contributed by atoms with Gasteiger partial charge in [0.2, 0.25) is 0 Å². The SMILES string of the molecule is O=C(NCC(O)C1CCCC1)c1cnc(-c2ccsc2)s1. The van der Waals surface area contributed by atoms with Crippen molar-refractivity contribution in [2.75, 3.05) is 6.54 Å². The van der Waals surface area contributed by atoms with Gasteiger partial charge in [0.1, 0.15) is 9.88 Å². The van der Waals surface area contributed by atoms with Gasteiger partial charge in [-0.1, -0.05) is 12.8 Å². The number of nitrogens with zero attached hydrogens (tertiary/aromatic N) is 1. The molecule has 4 nitrogen and oxygen atoms in total. The molecule has 2 aromatic rings. The molecule has 1 saturated carbocycles. The second-order valence-electron chi connectivity index (χ2n) is 5.36. The van der Waals surface area contributed by atoms with Gasteiger partial charge in [0, 0.05) is 17.5 Å². The van der Waals surface area contributed by atoms with E-state index >= 15 is 0 Å². The summed E-state index contributed by atoms with van der Waals surface area (Å²) in [5.74, 6) is 0.194. The van der Waals surface area contributed by atoms with Crippen LogP contribution in [0.25, 0.3) is 10.6 Å². The summed E-state index contributed by atoms with van der Waals surface area (Å²) >= 11 is 3.00. The second kappa shape index (κ2) is 6.68. The Morgan fingerprint density at radius 2 is 2.29 bits per heavy atom. The van der Waals surface area contributed by atoms with Crippen LogP contribution in [0.2, 0.25) is 0 Å². The number of hydrogen-bond acceptors (Lipinski definition) is 5. The average molecular weight is 322 g/mol. The van der Waals surface area contributed by atoms with E-state index in [4.69, 9.17) is 0 Å². The normalized spacial score (nSPS) is 17.0. The Labute approximate surface area is 131 Å². The van der Waals surface area contributed by atoms with Crippen molar-refractivity contribution < 1.29 is 9.90 Å². The molecule has 3 rings (SSSR count). The third-order valence-corrected chi connectivity index (χ3v) is 5.64. The van der Waals surface area contributed by atoms with Crippen LogP contribution < -0.4 is 5.32 Å². The van der Waals surface area contributed by atoms with E-state index in [-0.39, 0.29) is 5.91 Å². The summed E-state index contributed by atoms with van der Waals surface area (Å²) in [5, 5.41) is 17.8. The lowest BCUT2D eigenvalue weighted by molar-refractivity contribution is 0.0843. The first-order valence-electron chi connectivity index (χ1n) is 7.18. The topological polar surface area (TPSA) is 62.2 Å². The van der Waals surface area contributed by atoms with Gasteiger partial charge in [-0.15, -0.1) is 11.3 Å². The van der Waals surface area contributed by atoms with Crippen molar-refractivity contribution in [3.8, 4) is 10.6 Å². The summed E-state index contributed by atoms with van der Waals surface area (Å²) in [4.78, 5) is 17.0. The molecule has 0 aromatic carbocycles. The number of rotatable bonds is 5. The van der Waals surface area contributed by atoms with Gasteiger partial charge >= 0.3 is 0 Å². The van der Waals surface area contributed by atoms with E-state index in [9.17, 15) is 9.90 Å². The maximum atomic E-state index is 12.1. The van der Waals surface area contributed by atoms with Crippen LogP contribution >= 0.6 is 22.7 Å². The minimum atomic E-state index is -0.430. The zero-order valence-electron chi connectivity index (χ0n) is 11.6. The van der Waals surface area contributed by atoms with Crippen LogP contribution in [0.5, 0.6) is 0 Å². The Morgan fingerprint density at radius 3 is 3.00 bits per heavy atom. The average Bonchev–Trinajstić information content (AvgIpc) is 3.25. The van der Waals surface area contributed by atoms with Crippen LogP contribution in [0.3, 0.4) is 0 Å². The van der Waals surface area contributed by atoms with Crippen molar-refractivity contribution in [1.29, 1.82) is 0 Å². The zero-order chi connectivity index (χ0) is 14.7. The zero-order valence-corrected chi connectivity index (χ0v) is 13.3. The fourth-order valence-electron chi connectivity index (χ4n) is 2.69. The lowest BCUT2D eigenvalue weighted by Crippen LogP contribution is -2.35. The number of carbonyl (C=O) groups excluding carboxylic acids is 1. The third kappa shape index (κ3) is 3.51. The fraction of sp³-hybridized carbons (Fsp3) is 0.467. The van der Waals surface area contributed by atoms with Crippen LogP contribution in [0.1, 0.15) is 35.4 Å². The van der Waals surface area contributed by atoms with Gasteiger partial charge in [-0.05, 0) is 30.2 Å². The highest BCUT2D eigenvalue weighted by atomic mass is 32.1. The van der Waals surface area contributed by atoms with Crippen molar-refractivity contribution in [3.63, 3.8) is 0 Å². The standard InChI is InChI=1S/C15H18N2O2S2/c18-12(10-3-1-2-4-10)7-16-14(19)13-8-17-15(21-13)11-5-6-20-9-11/h5-6,8-10,12,18H,1-4,7H2,(H,16,19). The molecule has 1 atom stereocenters. The van der Waals surface area contributed by atoms with E-state index in [0.29, 0.717) is 17.3 Å². The van der Waals surface area contributed by atoms with E-state index in [0.717, 1.165) is 23.4 Å². The molecule has 0 spiro atoms. The van der Waals surface area contributed by atoms with Crippen LogP contribution in [0.15, 0.2) is 23.0 Å². The molecule has 1 unspecified atom stereocenters. The van der Waals surface area contributed by atoms with Crippen molar-refractivity contribution in [1.82, 2.24) is 10.3 Å². The molecule has 0 saturated heterocycles. The van der Waals surface area contributed by atoms with E-state index in [1.54, 1.807) is 17.5 Å². The van der Waals surface area contributed by atoms with Gasteiger partial charge in [-0.25, -0.2) is 4.98 Å². The van der Waals surface area contributed by atoms with E-state index < -0.39 is 6.10 Å². The number of nitrogens with one attached hydrogen (secondary N) is 1. The van der Waals surface area contributed by atoms with Crippen LogP contribution in [0.4, 0.5) is 0 Å².